The number of rotatable bonds is 11. The average molecular weight is 439 g/mol. The minimum absolute atomic E-state index is 0.0199. The highest BCUT2D eigenvalue weighted by Crippen LogP contribution is 2.19. The fourth-order valence-electron chi connectivity index (χ4n) is 3.01. The molecule has 6 nitrogen and oxygen atoms in total. The van der Waals surface area contributed by atoms with Crippen LogP contribution in [0.5, 0.6) is 0 Å². The number of benzene rings is 1. The number of Topliss-reactive ketones (excluding diaryl/α,β-unsaturated/α-hetero) is 2. The van der Waals surface area contributed by atoms with Crippen LogP contribution in [0.1, 0.15) is 51.5 Å². The maximum atomic E-state index is 12.0. The molecule has 7 heteroatoms. The van der Waals surface area contributed by atoms with Crippen molar-refractivity contribution in [3.8, 4) is 11.5 Å². The summed E-state index contributed by atoms with van der Waals surface area (Å²) in [6.45, 7) is 4.38. The van der Waals surface area contributed by atoms with Crippen LogP contribution in [0.3, 0.4) is 0 Å². The van der Waals surface area contributed by atoms with E-state index in [0.29, 0.717) is 23.7 Å². The summed E-state index contributed by atoms with van der Waals surface area (Å²) in [6.07, 6.45) is 2.77. The maximum absolute atomic E-state index is 12.0. The summed E-state index contributed by atoms with van der Waals surface area (Å²) in [5.74, 6) is 0.277. The minimum Gasteiger partial charge on any atom is -0.444 e. The minimum atomic E-state index is -0.184. The molecule has 3 rings (SSSR count). The lowest BCUT2D eigenvalue weighted by Gasteiger charge is -2.04. The van der Waals surface area contributed by atoms with Crippen LogP contribution < -0.4 is 5.32 Å². The second kappa shape index (κ2) is 10.8. The van der Waals surface area contributed by atoms with Gasteiger partial charge in [-0.15, -0.1) is 11.3 Å². The number of thiophene rings is 1. The van der Waals surface area contributed by atoms with E-state index in [1.54, 1.807) is 12.3 Å². The summed E-state index contributed by atoms with van der Waals surface area (Å²) >= 11 is 1.44. The highest BCUT2D eigenvalue weighted by molar-refractivity contribution is 7.14. The predicted octanol–water partition coefficient (Wildman–Crippen LogP) is 4.69. The molecule has 0 saturated carbocycles. The Morgan fingerprint density at radius 2 is 1.71 bits per heavy atom. The molecule has 1 aromatic carbocycles. The van der Waals surface area contributed by atoms with E-state index in [4.69, 9.17) is 4.42 Å². The van der Waals surface area contributed by atoms with Gasteiger partial charge in [-0.3, -0.25) is 14.4 Å². The Kier molecular flexibility index (Phi) is 7.89. The zero-order valence-corrected chi connectivity index (χ0v) is 18.6. The van der Waals surface area contributed by atoms with E-state index in [0.717, 1.165) is 16.1 Å². The number of carbonyl (C=O) groups excluding carboxylic acids is 3. The molecule has 0 fully saturated rings. The molecule has 0 aliphatic rings. The predicted molar refractivity (Wildman–Crippen MR) is 120 cm³/mol. The Labute approximate surface area is 185 Å². The van der Waals surface area contributed by atoms with Gasteiger partial charge in [-0.05, 0) is 38.1 Å². The van der Waals surface area contributed by atoms with Gasteiger partial charge in [0, 0.05) is 49.1 Å². The summed E-state index contributed by atoms with van der Waals surface area (Å²) in [4.78, 5) is 42.2. The average Bonchev–Trinajstić information content (AvgIpc) is 3.40. The molecule has 0 bridgehead atoms. The molecule has 0 radical (unpaired) electrons. The van der Waals surface area contributed by atoms with Gasteiger partial charge in [0.05, 0.1) is 10.6 Å². The summed E-state index contributed by atoms with van der Waals surface area (Å²) in [5, 5.41) is 2.80. The van der Waals surface area contributed by atoms with E-state index in [1.807, 2.05) is 44.2 Å². The highest BCUT2D eigenvalue weighted by atomic mass is 32.1. The smallest absolute Gasteiger partial charge is 0.226 e. The van der Waals surface area contributed by atoms with Gasteiger partial charge in [0.15, 0.2) is 5.78 Å². The van der Waals surface area contributed by atoms with Crippen LogP contribution in [-0.4, -0.2) is 29.0 Å². The van der Waals surface area contributed by atoms with Crippen LogP contribution in [-0.2, 0) is 16.0 Å². The number of nitrogens with one attached hydrogen (secondary N) is 1. The van der Waals surface area contributed by atoms with Crippen molar-refractivity contribution in [1.82, 2.24) is 10.3 Å². The molecule has 0 aliphatic carbocycles. The zero-order valence-electron chi connectivity index (χ0n) is 17.8. The quantitative estimate of drug-likeness (QED) is 0.439. The Bertz CT molecular complexity index is 1050. The number of hydrogen-bond donors (Lipinski definition) is 1. The van der Waals surface area contributed by atoms with Gasteiger partial charge >= 0.3 is 0 Å². The van der Waals surface area contributed by atoms with Crippen LogP contribution in [0.4, 0.5) is 0 Å². The summed E-state index contributed by atoms with van der Waals surface area (Å²) in [7, 11) is 0. The van der Waals surface area contributed by atoms with E-state index in [9.17, 15) is 14.4 Å². The van der Waals surface area contributed by atoms with Crippen molar-refractivity contribution in [1.29, 1.82) is 0 Å². The zero-order chi connectivity index (χ0) is 22.2. The SMILES string of the molecule is Cc1ccc(-c2nc(CCNC(=O)CCC(=O)CCC(=O)c3ccc(C)s3)co2)cc1. The van der Waals surface area contributed by atoms with Gasteiger partial charge in [-0.1, -0.05) is 17.7 Å². The third kappa shape index (κ3) is 7.00. The molecule has 0 unspecified atom stereocenters. The van der Waals surface area contributed by atoms with Crippen LogP contribution >= 0.6 is 11.3 Å². The topological polar surface area (TPSA) is 89.3 Å². The highest BCUT2D eigenvalue weighted by Gasteiger charge is 2.13. The normalized spacial score (nSPS) is 10.8. The first-order chi connectivity index (χ1) is 14.9. The molecule has 162 valence electrons. The lowest BCUT2D eigenvalue weighted by molar-refractivity contribution is -0.125. The van der Waals surface area contributed by atoms with Crippen LogP contribution in [0.25, 0.3) is 11.5 Å². The number of carbonyl (C=O) groups is 3. The van der Waals surface area contributed by atoms with Gasteiger partial charge in [-0.2, -0.15) is 0 Å². The molecule has 0 aliphatic heterocycles. The van der Waals surface area contributed by atoms with E-state index in [-0.39, 0.29) is 43.2 Å². The van der Waals surface area contributed by atoms with Crippen molar-refractivity contribution in [3.63, 3.8) is 0 Å². The maximum Gasteiger partial charge on any atom is 0.226 e. The second-order valence-electron chi connectivity index (χ2n) is 7.48. The van der Waals surface area contributed by atoms with Crippen molar-refractivity contribution < 1.29 is 18.8 Å². The van der Waals surface area contributed by atoms with Crippen molar-refractivity contribution in [2.75, 3.05) is 6.54 Å². The lowest BCUT2D eigenvalue weighted by Crippen LogP contribution is -2.26. The Morgan fingerprint density at radius 3 is 2.42 bits per heavy atom. The number of amides is 1. The largest absolute Gasteiger partial charge is 0.444 e. The van der Waals surface area contributed by atoms with E-state index in [2.05, 4.69) is 10.3 Å². The van der Waals surface area contributed by atoms with E-state index >= 15 is 0 Å². The van der Waals surface area contributed by atoms with Crippen LogP contribution in [0.15, 0.2) is 47.1 Å². The molecule has 0 atom stereocenters. The number of oxazole rings is 1. The molecule has 0 saturated heterocycles. The fourth-order valence-corrected chi connectivity index (χ4v) is 3.84. The van der Waals surface area contributed by atoms with Crippen molar-refractivity contribution in [2.45, 2.75) is 46.0 Å². The number of nitrogens with zero attached hydrogens (tertiary/aromatic N) is 1. The Morgan fingerprint density at radius 1 is 0.968 bits per heavy atom. The molecular weight excluding hydrogens is 412 g/mol. The monoisotopic (exact) mass is 438 g/mol. The molecule has 2 heterocycles. The standard InChI is InChI=1S/C24H26N2O4S/c1-16-3-6-18(7-4-16)24-26-19(15-30-24)13-14-25-23(29)12-9-20(27)8-10-21(28)22-11-5-17(2)31-22/h3-7,11,15H,8-10,12-14H2,1-2H3,(H,25,29). The van der Waals surface area contributed by atoms with Gasteiger partial charge in [0.2, 0.25) is 11.8 Å². The molecule has 1 N–H and O–H groups in total. The van der Waals surface area contributed by atoms with E-state index < -0.39 is 0 Å². The summed E-state index contributed by atoms with van der Waals surface area (Å²) in [6, 6.07) is 11.6. The molecule has 2 aromatic heterocycles. The first-order valence-electron chi connectivity index (χ1n) is 10.3. The van der Waals surface area contributed by atoms with Gasteiger partial charge in [0.1, 0.15) is 12.0 Å². The lowest BCUT2D eigenvalue weighted by atomic mass is 10.1. The Balaban J connectivity index is 1.32. The van der Waals surface area contributed by atoms with Crippen LogP contribution in [0.2, 0.25) is 0 Å². The summed E-state index contributed by atoms with van der Waals surface area (Å²) < 4.78 is 5.51. The number of aryl methyl sites for hydroxylation is 2. The first kappa shape index (κ1) is 22.6. The van der Waals surface area contributed by atoms with Gasteiger partial charge in [0.25, 0.3) is 0 Å². The van der Waals surface area contributed by atoms with Gasteiger partial charge in [-0.25, -0.2) is 4.98 Å². The van der Waals surface area contributed by atoms with Crippen molar-refractivity contribution in [3.05, 3.63) is 63.7 Å². The van der Waals surface area contributed by atoms with E-state index in [1.165, 1.54) is 16.9 Å². The fraction of sp³-hybridized carbons (Fsp3) is 0.333. The number of ketones is 2. The third-order valence-electron chi connectivity index (χ3n) is 4.83. The second-order valence-corrected chi connectivity index (χ2v) is 8.77. The summed E-state index contributed by atoms with van der Waals surface area (Å²) in [5.41, 5.74) is 2.84. The van der Waals surface area contributed by atoms with Crippen molar-refractivity contribution in [2.24, 2.45) is 0 Å². The Hall–Kier alpha value is -3.06. The molecule has 3 aromatic rings. The number of aromatic nitrogens is 1. The molecule has 1 amide bonds. The van der Waals surface area contributed by atoms with Crippen LogP contribution in [0, 0.1) is 13.8 Å². The number of hydrogen-bond acceptors (Lipinski definition) is 6. The molecule has 31 heavy (non-hydrogen) atoms. The molecule has 0 spiro atoms. The first-order valence-corrected chi connectivity index (χ1v) is 11.1. The third-order valence-corrected chi connectivity index (χ3v) is 5.87. The van der Waals surface area contributed by atoms with Crippen molar-refractivity contribution >= 4 is 28.8 Å². The molecular formula is C24H26N2O4S. The van der Waals surface area contributed by atoms with Gasteiger partial charge < -0.3 is 9.73 Å².